The van der Waals surface area contributed by atoms with Crippen LogP contribution in [0.4, 0.5) is 0 Å². The Morgan fingerprint density at radius 3 is 2.56 bits per heavy atom. The lowest BCUT2D eigenvalue weighted by atomic mass is 10.0. The maximum absolute atomic E-state index is 12.0. The van der Waals surface area contributed by atoms with E-state index in [1.807, 2.05) is 0 Å². The van der Waals surface area contributed by atoms with Crippen molar-refractivity contribution < 1.29 is 14.0 Å². The van der Waals surface area contributed by atoms with Crippen molar-refractivity contribution in [1.29, 1.82) is 5.26 Å². The predicted molar refractivity (Wildman–Crippen MR) is 65.7 cm³/mol. The Morgan fingerprint density at radius 2 is 2.06 bits per heavy atom. The third-order valence-corrected chi connectivity index (χ3v) is 3.30. The van der Waals surface area contributed by atoms with Gasteiger partial charge in [0, 0.05) is 13.1 Å². The summed E-state index contributed by atoms with van der Waals surface area (Å²) in [5.41, 5.74) is 0. The van der Waals surface area contributed by atoms with E-state index in [1.165, 1.54) is 6.07 Å². The number of hydrogen-bond acceptors (Lipinski definition) is 4. The molecule has 0 radical (unpaired) electrons. The van der Waals surface area contributed by atoms with Crippen molar-refractivity contribution in [2.24, 2.45) is 5.92 Å². The molecule has 1 saturated heterocycles. The van der Waals surface area contributed by atoms with Crippen molar-refractivity contribution in [1.82, 2.24) is 4.90 Å². The van der Waals surface area contributed by atoms with E-state index in [9.17, 15) is 9.59 Å². The summed E-state index contributed by atoms with van der Waals surface area (Å²) < 4.78 is 5.49. The second kappa shape index (κ2) is 5.36. The molecule has 0 unspecified atom stereocenters. The monoisotopic (exact) mass is 310 g/mol. The van der Waals surface area contributed by atoms with Gasteiger partial charge in [0.05, 0.1) is 6.07 Å². The number of Topliss-reactive ketones (excluding diaryl/α,β-unsaturated/α-hetero) is 1. The van der Waals surface area contributed by atoms with Gasteiger partial charge < -0.3 is 9.32 Å². The fraction of sp³-hybridized carbons (Fsp3) is 0.417. The quantitative estimate of drug-likeness (QED) is 0.632. The third-order valence-electron chi connectivity index (χ3n) is 2.87. The van der Waals surface area contributed by atoms with E-state index in [1.54, 1.807) is 17.0 Å². The molecule has 0 bridgehead atoms. The van der Waals surface area contributed by atoms with Crippen molar-refractivity contribution in [3.8, 4) is 6.07 Å². The average molecular weight is 311 g/mol. The zero-order valence-electron chi connectivity index (χ0n) is 9.56. The minimum atomic E-state index is -1.30. The molecule has 0 saturated carbocycles. The molecule has 6 heteroatoms. The molecule has 5 nitrogen and oxygen atoms in total. The summed E-state index contributed by atoms with van der Waals surface area (Å²) >= 11 is 3.08. The standard InChI is InChI=1S/C12H11BrN2O3/c13-10-4-3-9(18-10)11(16)8(7-14)12(17)15-5-1-2-6-15/h3-4,8H,1-2,5-6H2/t8-/m0/s1. The van der Waals surface area contributed by atoms with E-state index in [2.05, 4.69) is 15.9 Å². The highest BCUT2D eigenvalue weighted by molar-refractivity contribution is 9.10. The lowest BCUT2D eigenvalue weighted by molar-refractivity contribution is -0.131. The van der Waals surface area contributed by atoms with Crippen LogP contribution in [0.15, 0.2) is 21.2 Å². The molecule has 0 N–H and O–H groups in total. The molecule has 18 heavy (non-hydrogen) atoms. The molecular formula is C12H11BrN2O3. The molecule has 1 aromatic heterocycles. The summed E-state index contributed by atoms with van der Waals surface area (Å²) in [6.07, 6.45) is 1.84. The van der Waals surface area contributed by atoms with Crippen LogP contribution in [0.25, 0.3) is 0 Å². The SMILES string of the molecule is N#C[C@@H](C(=O)c1ccc(Br)o1)C(=O)N1CCCC1. The number of furan rings is 1. The van der Waals surface area contributed by atoms with E-state index in [0.29, 0.717) is 17.8 Å². The molecule has 1 amide bonds. The smallest absolute Gasteiger partial charge is 0.248 e. The van der Waals surface area contributed by atoms with Crippen LogP contribution in [0.2, 0.25) is 0 Å². The molecule has 1 atom stereocenters. The van der Waals surface area contributed by atoms with Crippen LogP contribution in [0, 0.1) is 17.2 Å². The molecule has 1 aliphatic rings. The molecule has 1 aromatic rings. The minimum absolute atomic E-state index is 0.0287. The van der Waals surface area contributed by atoms with Gasteiger partial charge in [-0.2, -0.15) is 5.26 Å². The van der Waals surface area contributed by atoms with Gasteiger partial charge in [-0.05, 0) is 40.9 Å². The van der Waals surface area contributed by atoms with E-state index in [-0.39, 0.29) is 5.76 Å². The molecule has 1 aliphatic heterocycles. The van der Waals surface area contributed by atoms with Gasteiger partial charge in [0.25, 0.3) is 0 Å². The Hall–Kier alpha value is -1.61. The lowest BCUT2D eigenvalue weighted by Crippen LogP contribution is -2.36. The van der Waals surface area contributed by atoms with Gasteiger partial charge in [-0.1, -0.05) is 0 Å². The van der Waals surface area contributed by atoms with Gasteiger partial charge in [0.2, 0.25) is 11.7 Å². The van der Waals surface area contributed by atoms with E-state index in [0.717, 1.165) is 12.8 Å². The van der Waals surface area contributed by atoms with E-state index < -0.39 is 17.6 Å². The maximum Gasteiger partial charge on any atom is 0.248 e. The van der Waals surface area contributed by atoms with Crippen molar-refractivity contribution in [3.05, 3.63) is 22.6 Å². The Labute approximate surface area is 112 Å². The number of halogens is 1. The number of rotatable bonds is 3. The van der Waals surface area contributed by atoms with Crippen LogP contribution in [0.1, 0.15) is 23.4 Å². The van der Waals surface area contributed by atoms with Crippen molar-refractivity contribution in [2.45, 2.75) is 12.8 Å². The van der Waals surface area contributed by atoms with Crippen LogP contribution in [0.3, 0.4) is 0 Å². The second-order valence-electron chi connectivity index (χ2n) is 4.06. The number of amides is 1. The number of nitrogens with zero attached hydrogens (tertiary/aromatic N) is 2. The lowest BCUT2D eigenvalue weighted by Gasteiger charge is -2.17. The number of carbonyl (C=O) groups is 2. The molecule has 1 fully saturated rings. The molecule has 0 aromatic carbocycles. The zero-order valence-corrected chi connectivity index (χ0v) is 11.1. The largest absolute Gasteiger partial charge is 0.446 e. The maximum atomic E-state index is 12.0. The van der Waals surface area contributed by atoms with Gasteiger partial charge >= 0.3 is 0 Å². The average Bonchev–Trinajstić information content (AvgIpc) is 3.00. The van der Waals surface area contributed by atoms with Crippen molar-refractivity contribution in [2.75, 3.05) is 13.1 Å². The van der Waals surface area contributed by atoms with Crippen molar-refractivity contribution in [3.63, 3.8) is 0 Å². The summed E-state index contributed by atoms with van der Waals surface area (Å²) in [6.45, 7) is 1.23. The Kier molecular flexibility index (Phi) is 3.82. The molecule has 2 heterocycles. The van der Waals surface area contributed by atoms with Gasteiger partial charge in [-0.25, -0.2) is 0 Å². The highest BCUT2D eigenvalue weighted by atomic mass is 79.9. The molecule has 0 aliphatic carbocycles. The highest BCUT2D eigenvalue weighted by Gasteiger charge is 2.34. The number of likely N-dealkylation sites (tertiary alicyclic amines) is 1. The number of carbonyl (C=O) groups excluding carboxylic acids is 2. The molecule has 94 valence electrons. The summed E-state index contributed by atoms with van der Waals surface area (Å²) in [6, 6.07) is 4.78. The highest BCUT2D eigenvalue weighted by Crippen LogP contribution is 2.20. The van der Waals surface area contributed by atoms with Crippen LogP contribution in [-0.2, 0) is 4.79 Å². The number of hydrogen-bond donors (Lipinski definition) is 0. The predicted octanol–water partition coefficient (Wildman–Crippen LogP) is 1.99. The Balaban J connectivity index is 2.16. The molecule has 0 spiro atoms. The van der Waals surface area contributed by atoms with E-state index >= 15 is 0 Å². The number of ketones is 1. The van der Waals surface area contributed by atoms with Gasteiger partial charge in [0.15, 0.2) is 16.3 Å². The van der Waals surface area contributed by atoms with Crippen molar-refractivity contribution >= 4 is 27.6 Å². The van der Waals surface area contributed by atoms with Crippen LogP contribution in [-0.4, -0.2) is 29.7 Å². The van der Waals surface area contributed by atoms with Gasteiger partial charge in [-0.15, -0.1) is 0 Å². The minimum Gasteiger partial charge on any atom is -0.446 e. The third kappa shape index (κ3) is 2.46. The first-order valence-electron chi connectivity index (χ1n) is 5.61. The summed E-state index contributed by atoms with van der Waals surface area (Å²) in [5, 5.41) is 9.02. The van der Waals surface area contributed by atoms with Gasteiger partial charge in [-0.3, -0.25) is 9.59 Å². The second-order valence-corrected chi connectivity index (χ2v) is 4.84. The van der Waals surface area contributed by atoms with Gasteiger partial charge in [0.1, 0.15) is 0 Å². The first-order chi connectivity index (χ1) is 8.63. The normalized spacial score (nSPS) is 16.3. The first kappa shape index (κ1) is 12.8. The molecular weight excluding hydrogens is 300 g/mol. The topological polar surface area (TPSA) is 74.3 Å². The fourth-order valence-electron chi connectivity index (χ4n) is 1.94. The van der Waals surface area contributed by atoms with Crippen LogP contribution >= 0.6 is 15.9 Å². The molecule has 2 rings (SSSR count). The Morgan fingerprint density at radius 1 is 1.39 bits per heavy atom. The summed E-state index contributed by atoms with van der Waals surface area (Å²) in [5.74, 6) is -2.28. The summed E-state index contributed by atoms with van der Waals surface area (Å²) in [7, 11) is 0. The Bertz CT molecular complexity index is 512. The zero-order chi connectivity index (χ0) is 13.1. The van der Waals surface area contributed by atoms with Crippen LogP contribution < -0.4 is 0 Å². The number of nitriles is 1. The first-order valence-corrected chi connectivity index (χ1v) is 6.40. The fourth-order valence-corrected chi connectivity index (χ4v) is 2.24. The van der Waals surface area contributed by atoms with E-state index in [4.69, 9.17) is 9.68 Å². The van der Waals surface area contributed by atoms with Crippen LogP contribution in [0.5, 0.6) is 0 Å². The summed E-state index contributed by atoms with van der Waals surface area (Å²) in [4.78, 5) is 25.6.